The van der Waals surface area contributed by atoms with E-state index in [1.165, 1.54) is 16.9 Å². The number of phenols is 1. The molecule has 0 spiro atoms. The monoisotopic (exact) mass is 384 g/mol. The summed E-state index contributed by atoms with van der Waals surface area (Å²) in [6.45, 7) is 2.94. The molecule has 0 saturated heterocycles. The van der Waals surface area contributed by atoms with Crippen molar-refractivity contribution in [1.82, 2.24) is 4.98 Å². The third kappa shape index (κ3) is 4.59. The van der Waals surface area contributed by atoms with Crippen molar-refractivity contribution in [3.05, 3.63) is 47.3 Å². The van der Waals surface area contributed by atoms with E-state index in [4.69, 9.17) is 14.8 Å². The fourth-order valence-electron chi connectivity index (χ4n) is 2.77. The highest BCUT2D eigenvalue weighted by Gasteiger charge is 2.11. The number of pyridine rings is 1. The van der Waals surface area contributed by atoms with Gasteiger partial charge in [0.1, 0.15) is 5.82 Å². The van der Waals surface area contributed by atoms with Gasteiger partial charge in [-0.3, -0.25) is 0 Å². The van der Waals surface area contributed by atoms with E-state index in [-0.39, 0.29) is 12.4 Å². The maximum Gasteiger partial charge on any atom is 0.161 e. The molecule has 0 bridgehead atoms. The van der Waals surface area contributed by atoms with Gasteiger partial charge in [0, 0.05) is 28.5 Å². The summed E-state index contributed by atoms with van der Waals surface area (Å²) in [4.78, 5) is 7.23. The number of methoxy groups -OCH3 is 1. The summed E-state index contributed by atoms with van der Waals surface area (Å²) in [7, 11) is 1.53. The van der Waals surface area contributed by atoms with Gasteiger partial charge < -0.3 is 20.3 Å². The summed E-state index contributed by atoms with van der Waals surface area (Å²) in [5.41, 5.74) is 2.75. The lowest BCUT2D eigenvalue weighted by Gasteiger charge is -2.11. The number of nitrogens with zero attached hydrogens (tertiary/aromatic N) is 1. The van der Waals surface area contributed by atoms with E-state index < -0.39 is 0 Å². The fourth-order valence-corrected chi connectivity index (χ4v) is 3.70. The number of nitrogens with one attached hydrogen (secondary N) is 1. The predicted octanol–water partition coefficient (Wildman–Crippen LogP) is 4.55. The lowest BCUT2D eigenvalue weighted by atomic mass is 10.1. The van der Waals surface area contributed by atoms with Gasteiger partial charge in [0.15, 0.2) is 11.5 Å². The molecule has 0 aliphatic heterocycles. The van der Waals surface area contributed by atoms with Crippen molar-refractivity contribution < 1.29 is 14.9 Å². The van der Waals surface area contributed by atoms with Crippen molar-refractivity contribution in [2.24, 2.45) is 0 Å². The fraction of sp³-hybridized carbons (Fsp3) is 0.286. The number of hydrogen-bond acceptors (Lipinski definition) is 6. The second-order valence-corrected chi connectivity index (χ2v) is 7.30. The normalized spacial score (nSPS) is 10.8. The molecular weight excluding hydrogens is 360 g/mol. The number of benzene rings is 1. The third-order valence-electron chi connectivity index (χ3n) is 4.24. The van der Waals surface area contributed by atoms with Gasteiger partial charge in [-0.25, -0.2) is 4.98 Å². The van der Waals surface area contributed by atoms with Gasteiger partial charge in [-0.1, -0.05) is 6.92 Å². The van der Waals surface area contributed by atoms with Crippen molar-refractivity contribution in [3.63, 3.8) is 0 Å². The van der Waals surface area contributed by atoms with E-state index in [1.807, 2.05) is 18.2 Å². The highest BCUT2D eigenvalue weighted by molar-refractivity contribution is 7.15. The largest absolute Gasteiger partial charge is 0.504 e. The number of aliphatic hydroxyl groups is 1. The summed E-state index contributed by atoms with van der Waals surface area (Å²) >= 11 is 1.78. The number of thiophene rings is 1. The molecule has 0 aliphatic carbocycles. The molecule has 0 unspecified atom stereocenters. The van der Waals surface area contributed by atoms with Gasteiger partial charge in [0.2, 0.25) is 0 Å². The summed E-state index contributed by atoms with van der Waals surface area (Å²) < 4.78 is 5.23. The van der Waals surface area contributed by atoms with Crippen LogP contribution in [0.25, 0.3) is 21.7 Å². The van der Waals surface area contributed by atoms with Crippen LogP contribution in [-0.2, 0) is 6.42 Å². The second-order valence-electron chi connectivity index (χ2n) is 6.14. The number of aromatic nitrogens is 1. The Morgan fingerprint density at radius 2 is 1.96 bits per heavy atom. The van der Waals surface area contributed by atoms with E-state index in [9.17, 15) is 5.11 Å². The molecule has 0 atom stereocenters. The van der Waals surface area contributed by atoms with Crippen LogP contribution < -0.4 is 10.1 Å². The molecule has 3 aromatic rings. The summed E-state index contributed by atoms with van der Waals surface area (Å²) in [6, 6.07) is 13.6. The quantitative estimate of drug-likeness (QED) is 0.497. The molecule has 0 radical (unpaired) electrons. The Balaban J connectivity index is 2.03. The van der Waals surface area contributed by atoms with Crippen LogP contribution in [0.2, 0.25) is 0 Å². The summed E-state index contributed by atoms with van der Waals surface area (Å²) in [5, 5.41) is 22.2. The molecule has 1 aromatic carbocycles. The minimum absolute atomic E-state index is 0.101. The van der Waals surface area contributed by atoms with Gasteiger partial charge in [0.25, 0.3) is 0 Å². The van der Waals surface area contributed by atoms with Gasteiger partial charge >= 0.3 is 0 Å². The molecule has 0 fully saturated rings. The summed E-state index contributed by atoms with van der Waals surface area (Å²) in [6.07, 6.45) is 1.67. The average Bonchev–Trinajstić information content (AvgIpc) is 3.18. The van der Waals surface area contributed by atoms with Crippen LogP contribution in [0.15, 0.2) is 42.5 Å². The Morgan fingerprint density at radius 1 is 1.11 bits per heavy atom. The van der Waals surface area contributed by atoms with Crippen molar-refractivity contribution >= 4 is 17.2 Å². The first-order valence-corrected chi connectivity index (χ1v) is 9.79. The Morgan fingerprint density at radius 3 is 2.67 bits per heavy atom. The van der Waals surface area contributed by atoms with Gasteiger partial charge in [0.05, 0.1) is 12.8 Å². The summed E-state index contributed by atoms with van der Waals surface area (Å²) in [5.74, 6) is 1.28. The third-order valence-corrected chi connectivity index (χ3v) is 5.52. The first kappa shape index (κ1) is 19.2. The molecule has 27 heavy (non-hydrogen) atoms. The van der Waals surface area contributed by atoms with Crippen LogP contribution >= 0.6 is 11.3 Å². The van der Waals surface area contributed by atoms with Gasteiger partial charge in [-0.2, -0.15) is 0 Å². The number of hydrogen-bond donors (Lipinski definition) is 3. The lowest BCUT2D eigenvalue weighted by molar-refractivity contribution is 0.292. The van der Waals surface area contributed by atoms with E-state index in [0.717, 1.165) is 29.1 Å². The van der Waals surface area contributed by atoms with E-state index in [1.54, 1.807) is 23.5 Å². The van der Waals surface area contributed by atoms with Crippen molar-refractivity contribution in [2.75, 3.05) is 25.6 Å². The molecule has 6 heteroatoms. The molecular formula is C21H24N2O3S. The van der Waals surface area contributed by atoms with Crippen LogP contribution in [-0.4, -0.2) is 35.5 Å². The standard InChI is InChI=1S/C21H24N2O3S/c1-3-16-6-8-20(27-16)15-11-17(23-21(13-15)22-9-4-10-24)14-5-7-18(25)19(12-14)26-2/h5-8,11-13,24-25H,3-4,9-10H2,1-2H3,(H,22,23). The maximum atomic E-state index is 9.86. The first-order chi connectivity index (χ1) is 13.1. The Labute approximate surface area is 163 Å². The Hall–Kier alpha value is -2.57. The molecule has 142 valence electrons. The highest BCUT2D eigenvalue weighted by atomic mass is 32.1. The number of phenolic OH excluding ortho intramolecular Hbond substituents is 1. The Kier molecular flexibility index (Phi) is 6.32. The van der Waals surface area contributed by atoms with Gasteiger partial charge in [-0.15, -0.1) is 11.3 Å². The molecule has 0 amide bonds. The van der Waals surface area contributed by atoms with Crippen LogP contribution in [0.4, 0.5) is 5.82 Å². The smallest absolute Gasteiger partial charge is 0.161 e. The highest BCUT2D eigenvalue weighted by Crippen LogP contribution is 2.35. The number of aliphatic hydroxyl groups excluding tert-OH is 1. The van der Waals surface area contributed by atoms with Gasteiger partial charge in [-0.05, 0) is 60.9 Å². The number of anilines is 1. The van der Waals surface area contributed by atoms with Crippen LogP contribution in [0.1, 0.15) is 18.2 Å². The van der Waals surface area contributed by atoms with Crippen molar-refractivity contribution in [1.29, 1.82) is 0 Å². The number of ether oxygens (including phenoxy) is 1. The lowest BCUT2D eigenvalue weighted by Crippen LogP contribution is -2.05. The number of aromatic hydroxyl groups is 1. The minimum Gasteiger partial charge on any atom is -0.504 e. The zero-order valence-corrected chi connectivity index (χ0v) is 16.3. The molecule has 5 nitrogen and oxygen atoms in total. The van der Waals surface area contributed by atoms with Crippen molar-refractivity contribution in [2.45, 2.75) is 19.8 Å². The molecule has 3 N–H and O–H groups in total. The number of rotatable bonds is 8. The molecule has 0 aliphatic rings. The molecule has 0 saturated carbocycles. The molecule has 2 aromatic heterocycles. The molecule has 3 rings (SSSR count). The van der Waals surface area contributed by atoms with Crippen LogP contribution in [0.3, 0.4) is 0 Å². The minimum atomic E-state index is 0.101. The predicted molar refractivity (Wildman–Crippen MR) is 111 cm³/mol. The van der Waals surface area contributed by atoms with Crippen LogP contribution in [0.5, 0.6) is 11.5 Å². The topological polar surface area (TPSA) is 74.6 Å². The van der Waals surface area contributed by atoms with Crippen molar-refractivity contribution in [3.8, 4) is 33.2 Å². The zero-order valence-electron chi connectivity index (χ0n) is 15.5. The van der Waals surface area contributed by atoms with Crippen LogP contribution in [0, 0.1) is 0 Å². The maximum absolute atomic E-state index is 9.86. The second kappa shape index (κ2) is 8.88. The van der Waals surface area contributed by atoms with E-state index >= 15 is 0 Å². The Bertz CT molecular complexity index is 908. The van der Waals surface area contributed by atoms with E-state index in [2.05, 4.69) is 24.4 Å². The number of aryl methyl sites for hydroxylation is 1. The zero-order chi connectivity index (χ0) is 19.2. The SMILES string of the molecule is CCc1ccc(-c2cc(NCCCO)nc(-c3ccc(O)c(OC)c3)c2)s1. The van der Waals surface area contributed by atoms with E-state index in [0.29, 0.717) is 18.7 Å². The average molecular weight is 385 g/mol. The molecule has 2 heterocycles. The first-order valence-electron chi connectivity index (χ1n) is 8.98.